The lowest BCUT2D eigenvalue weighted by Gasteiger charge is -2.33. The molecule has 1 saturated heterocycles. The monoisotopic (exact) mass is 341 g/mol. The van der Waals surface area contributed by atoms with Gasteiger partial charge in [0.1, 0.15) is 0 Å². The van der Waals surface area contributed by atoms with E-state index in [4.69, 9.17) is 16.1 Å². The Morgan fingerprint density at radius 1 is 1.41 bits per heavy atom. The second kappa shape index (κ2) is 7.13. The van der Waals surface area contributed by atoms with Gasteiger partial charge >= 0.3 is 0 Å². The van der Waals surface area contributed by atoms with Gasteiger partial charge in [-0.15, -0.1) is 12.4 Å². The lowest BCUT2D eigenvalue weighted by Crippen LogP contribution is -2.52. The summed E-state index contributed by atoms with van der Waals surface area (Å²) in [4.78, 5) is 14.3. The summed E-state index contributed by atoms with van der Waals surface area (Å²) in [5.74, 6) is 0.478. The van der Waals surface area contributed by atoms with Crippen molar-refractivity contribution in [1.82, 2.24) is 15.4 Å². The summed E-state index contributed by atoms with van der Waals surface area (Å²) in [6.07, 6.45) is 0. The Morgan fingerprint density at radius 3 is 2.82 bits per heavy atom. The molecule has 2 aromatic rings. The van der Waals surface area contributed by atoms with Crippen LogP contribution in [0.4, 0.5) is 0 Å². The number of benzene rings is 1. The molecule has 5 nitrogen and oxygen atoms in total. The van der Waals surface area contributed by atoms with Crippen molar-refractivity contribution in [1.29, 1.82) is 0 Å². The molecule has 1 aliphatic rings. The second-order valence-corrected chi connectivity index (χ2v) is 5.57. The highest BCUT2D eigenvalue weighted by Gasteiger charge is 2.26. The van der Waals surface area contributed by atoms with Crippen LogP contribution in [0.3, 0.4) is 0 Å². The fourth-order valence-electron chi connectivity index (χ4n) is 2.42. The molecule has 2 heterocycles. The molecule has 0 aliphatic carbocycles. The van der Waals surface area contributed by atoms with Crippen LogP contribution in [0.5, 0.6) is 0 Å². The van der Waals surface area contributed by atoms with Crippen molar-refractivity contribution < 1.29 is 9.32 Å². The summed E-state index contributed by atoms with van der Waals surface area (Å²) in [7, 11) is 0. The molecule has 1 atom stereocenters. The van der Waals surface area contributed by atoms with E-state index in [1.165, 1.54) is 0 Å². The van der Waals surface area contributed by atoms with Crippen LogP contribution in [-0.4, -0.2) is 41.6 Å². The van der Waals surface area contributed by atoms with Gasteiger partial charge in [-0.05, 0) is 31.2 Å². The number of piperazine rings is 1. The first-order valence-electron chi connectivity index (χ1n) is 6.89. The third-order valence-electron chi connectivity index (χ3n) is 3.62. The number of nitrogens with zero attached hydrogens (tertiary/aromatic N) is 2. The van der Waals surface area contributed by atoms with Crippen LogP contribution in [0.15, 0.2) is 34.9 Å². The minimum Gasteiger partial charge on any atom is -0.355 e. The number of carbonyl (C=O) groups is 1. The van der Waals surface area contributed by atoms with E-state index in [0.29, 0.717) is 23.0 Å². The number of hydrogen-bond acceptors (Lipinski definition) is 4. The van der Waals surface area contributed by atoms with Crippen LogP contribution in [0.1, 0.15) is 17.4 Å². The van der Waals surface area contributed by atoms with Gasteiger partial charge in [-0.1, -0.05) is 16.8 Å². The molecular weight excluding hydrogens is 325 g/mol. The first-order valence-corrected chi connectivity index (χ1v) is 7.27. The Hall–Kier alpha value is -1.56. The zero-order chi connectivity index (χ0) is 14.8. The maximum atomic E-state index is 12.5. The molecular formula is C15H17Cl2N3O2. The van der Waals surface area contributed by atoms with Crippen LogP contribution >= 0.6 is 24.0 Å². The maximum Gasteiger partial charge on any atom is 0.276 e. The van der Waals surface area contributed by atoms with Crippen LogP contribution in [0, 0.1) is 0 Å². The first kappa shape index (κ1) is 16.8. The van der Waals surface area contributed by atoms with E-state index in [1.807, 2.05) is 24.0 Å². The average Bonchev–Trinajstić information content (AvgIpc) is 2.98. The zero-order valence-electron chi connectivity index (χ0n) is 12.1. The molecule has 1 aromatic heterocycles. The maximum absolute atomic E-state index is 12.5. The van der Waals surface area contributed by atoms with E-state index in [2.05, 4.69) is 10.5 Å². The van der Waals surface area contributed by atoms with Gasteiger partial charge in [0.2, 0.25) is 0 Å². The summed E-state index contributed by atoms with van der Waals surface area (Å²) in [5, 5.41) is 7.82. The molecule has 1 fully saturated rings. The Morgan fingerprint density at radius 2 is 2.14 bits per heavy atom. The third kappa shape index (κ3) is 3.43. The fraction of sp³-hybridized carbons (Fsp3) is 0.333. The average molecular weight is 342 g/mol. The minimum absolute atomic E-state index is 0. The van der Waals surface area contributed by atoms with Gasteiger partial charge in [-0.2, -0.15) is 0 Å². The first-order chi connectivity index (χ1) is 10.1. The van der Waals surface area contributed by atoms with Gasteiger partial charge in [0.05, 0.1) is 0 Å². The Labute approximate surface area is 140 Å². The van der Waals surface area contributed by atoms with Crippen LogP contribution in [0.25, 0.3) is 11.3 Å². The lowest BCUT2D eigenvalue weighted by molar-refractivity contribution is 0.0645. The van der Waals surface area contributed by atoms with Crippen molar-refractivity contribution in [2.75, 3.05) is 19.6 Å². The molecule has 7 heteroatoms. The largest absolute Gasteiger partial charge is 0.355 e. The van der Waals surface area contributed by atoms with Crippen LogP contribution < -0.4 is 5.32 Å². The van der Waals surface area contributed by atoms with Crippen molar-refractivity contribution in [2.45, 2.75) is 13.0 Å². The molecule has 1 unspecified atom stereocenters. The quantitative estimate of drug-likeness (QED) is 0.912. The SMILES string of the molecule is CC1CNCCN1C(=O)c1cc(-c2ccc(Cl)cc2)on1.Cl. The van der Waals surface area contributed by atoms with Crippen molar-refractivity contribution >= 4 is 29.9 Å². The van der Waals surface area contributed by atoms with E-state index in [0.717, 1.165) is 18.7 Å². The van der Waals surface area contributed by atoms with Gasteiger partial charge in [0, 0.05) is 42.3 Å². The molecule has 1 amide bonds. The van der Waals surface area contributed by atoms with Gasteiger partial charge in [-0.3, -0.25) is 4.79 Å². The number of aromatic nitrogens is 1. The molecule has 22 heavy (non-hydrogen) atoms. The van der Waals surface area contributed by atoms with Crippen molar-refractivity contribution in [3.63, 3.8) is 0 Å². The highest BCUT2D eigenvalue weighted by Crippen LogP contribution is 2.23. The van der Waals surface area contributed by atoms with E-state index in [-0.39, 0.29) is 24.4 Å². The van der Waals surface area contributed by atoms with E-state index >= 15 is 0 Å². The van der Waals surface area contributed by atoms with Gasteiger partial charge < -0.3 is 14.7 Å². The molecule has 0 bridgehead atoms. The van der Waals surface area contributed by atoms with Crippen LogP contribution in [-0.2, 0) is 0 Å². The van der Waals surface area contributed by atoms with Gasteiger partial charge in [-0.25, -0.2) is 0 Å². The van der Waals surface area contributed by atoms with Crippen molar-refractivity contribution in [2.24, 2.45) is 0 Å². The van der Waals surface area contributed by atoms with E-state index < -0.39 is 0 Å². The highest BCUT2D eigenvalue weighted by molar-refractivity contribution is 6.30. The topological polar surface area (TPSA) is 58.4 Å². The number of amides is 1. The molecule has 0 spiro atoms. The molecule has 1 aliphatic heterocycles. The summed E-state index contributed by atoms with van der Waals surface area (Å²) in [5.41, 5.74) is 1.19. The molecule has 1 N–H and O–H groups in total. The lowest BCUT2D eigenvalue weighted by atomic mass is 10.1. The second-order valence-electron chi connectivity index (χ2n) is 5.13. The Kier molecular flexibility index (Phi) is 5.45. The zero-order valence-corrected chi connectivity index (χ0v) is 13.7. The van der Waals surface area contributed by atoms with Crippen molar-refractivity contribution in [3.05, 3.63) is 41.0 Å². The Balaban J connectivity index is 0.00000176. The highest BCUT2D eigenvalue weighted by atomic mass is 35.5. The number of rotatable bonds is 2. The van der Waals surface area contributed by atoms with E-state index in [1.54, 1.807) is 18.2 Å². The van der Waals surface area contributed by atoms with Crippen molar-refractivity contribution in [3.8, 4) is 11.3 Å². The summed E-state index contributed by atoms with van der Waals surface area (Å²) in [6.45, 7) is 4.30. The standard InChI is InChI=1S/C15H16ClN3O2.ClH/c1-10-9-17-6-7-19(10)15(20)13-8-14(21-18-13)11-2-4-12(16)5-3-11;/h2-5,8,10,17H,6-7,9H2,1H3;1H. The van der Waals surface area contributed by atoms with E-state index in [9.17, 15) is 4.79 Å². The predicted octanol–water partition coefficient (Wildman–Crippen LogP) is 2.85. The minimum atomic E-state index is -0.0898. The molecule has 3 rings (SSSR count). The molecule has 0 saturated carbocycles. The molecule has 0 radical (unpaired) electrons. The van der Waals surface area contributed by atoms with Gasteiger partial charge in [0.25, 0.3) is 5.91 Å². The normalized spacial score (nSPS) is 17.9. The number of carbonyl (C=O) groups excluding carboxylic acids is 1. The molecule has 1 aromatic carbocycles. The Bertz CT molecular complexity index is 642. The van der Waals surface area contributed by atoms with Gasteiger partial charge in [0.15, 0.2) is 11.5 Å². The number of halogens is 2. The fourth-order valence-corrected chi connectivity index (χ4v) is 2.54. The summed E-state index contributed by atoms with van der Waals surface area (Å²) >= 11 is 5.86. The summed E-state index contributed by atoms with van der Waals surface area (Å²) in [6, 6.07) is 9.07. The smallest absolute Gasteiger partial charge is 0.276 e. The third-order valence-corrected chi connectivity index (χ3v) is 3.87. The van der Waals surface area contributed by atoms with Crippen LogP contribution in [0.2, 0.25) is 5.02 Å². The predicted molar refractivity (Wildman–Crippen MR) is 87.6 cm³/mol. The number of hydrogen-bond donors (Lipinski definition) is 1. The number of nitrogens with one attached hydrogen (secondary N) is 1. The molecule has 118 valence electrons. The summed E-state index contributed by atoms with van der Waals surface area (Å²) < 4.78 is 5.28.